The van der Waals surface area contributed by atoms with Gasteiger partial charge in [-0.05, 0) is 42.8 Å². The zero-order chi connectivity index (χ0) is 22.7. The van der Waals surface area contributed by atoms with Crippen molar-refractivity contribution in [3.63, 3.8) is 0 Å². The van der Waals surface area contributed by atoms with Gasteiger partial charge >= 0.3 is 11.9 Å². The fraction of sp³-hybridized carbons (Fsp3) is 0.136. The van der Waals surface area contributed by atoms with Gasteiger partial charge in [0.25, 0.3) is 11.6 Å². The molecule has 0 unspecified atom stereocenters. The molecule has 2 aromatic carbocycles. The second-order valence-electron chi connectivity index (χ2n) is 6.54. The minimum atomic E-state index is -0.687. The van der Waals surface area contributed by atoms with Gasteiger partial charge in [0.1, 0.15) is 0 Å². The third-order valence-electron chi connectivity index (χ3n) is 4.75. The Morgan fingerprint density at radius 1 is 0.968 bits per heavy atom. The number of carbonyl (C=O) groups excluding carboxylic acids is 3. The van der Waals surface area contributed by atoms with Gasteiger partial charge in [0.05, 0.1) is 35.9 Å². The van der Waals surface area contributed by atoms with Crippen LogP contribution >= 0.6 is 0 Å². The molecule has 31 heavy (non-hydrogen) atoms. The lowest BCUT2D eigenvalue weighted by Gasteiger charge is -2.17. The Morgan fingerprint density at radius 2 is 1.55 bits per heavy atom. The van der Waals surface area contributed by atoms with E-state index in [1.807, 2.05) is 0 Å². The van der Waals surface area contributed by atoms with E-state index >= 15 is 0 Å². The molecule has 0 fully saturated rings. The molecule has 0 saturated heterocycles. The van der Waals surface area contributed by atoms with Gasteiger partial charge in [0.2, 0.25) is 0 Å². The highest BCUT2D eigenvalue weighted by Crippen LogP contribution is 2.36. The molecule has 1 aliphatic rings. The van der Waals surface area contributed by atoms with Gasteiger partial charge in [-0.3, -0.25) is 19.8 Å². The number of carbonyl (C=O) groups is 3. The van der Waals surface area contributed by atoms with Gasteiger partial charge in [-0.2, -0.15) is 0 Å². The number of non-ortho nitro benzene ring substituents is 1. The van der Waals surface area contributed by atoms with Crippen molar-refractivity contribution in [1.29, 1.82) is 0 Å². The average molecular weight is 422 g/mol. The number of nitro groups is 1. The van der Waals surface area contributed by atoms with Crippen molar-refractivity contribution < 1.29 is 28.8 Å². The van der Waals surface area contributed by atoms with Crippen LogP contribution in [0, 0.1) is 10.1 Å². The van der Waals surface area contributed by atoms with Gasteiger partial charge in [-0.15, -0.1) is 0 Å². The maximum atomic E-state index is 13.2. The van der Waals surface area contributed by atoms with E-state index in [1.54, 1.807) is 31.2 Å². The van der Waals surface area contributed by atoms with Crippen LogP contribution in [0.3, 0.4) is 0 Å². The molecule has 0 spiro atoms. The van der Waals surface area contributed by atoms with Gasteiger partial charge in [-0.1, -0.05) is 12.1 Å². The van der Waals surface area contributed by atoms with Gasteiger partial charge in [0, 0.05) is 23.5 Å². The Kier molecular flexibility index (Phi) is 5.96. The Morgan fingerprint density at radius 3 is 2.06 bits per heavy atom. The summed E-state index contributed by atoms with van der Waals surface area (Å²) >= 11 is 0. The summed E-state index contributed by atoms with van der Waals surface area (Å²) < 4.78 is 9.52. The molecule has 0 atom stereocenters. The molecule has 0 aliphatic carbocycles. The number of amides is 1. The molecule has 0 aromatic heterocycles. The molecule has 0 radical (unpaired) electrons. The first kappa shape index (κ1) is 21.4. The quantitative estimate of drug-likeness (QED) is 0.314. The van der Waals surface area contributed by atoms with Crippen molar-refractivity contribution in [2.45, 2.75) is 6.92 Å². The van der Waals surface area contributed by atoms with Crippen molar-refractivity contribution >= 4 is 35.3 Å². The Hall–Kier alpha value is -4.27. The first-order valence-corrected chi connectivity index (χ1v) is 9.07. The summed E-state index contributed by atoms with van der Waals surface area (Å²) in [5, 5.41) is 10.9. The summed E-state index contributed by atoms with van der Waals surface area (Å²) in [6.45, 7) is 1.59. The molecule has 0 bridgehead atoms. The molecule has 0 N–H and O–H groups in total. The molecule has 1 heterocycles. The van der Waals surface area contributed by atoms with E-state index in [-0.39, 0.29) is 16.8 Å². The number of hydrogen-bond acceptors (Lipinski definition) is 7. The maximum Gasteiger partial charge on any atom is 0.340 e. The molecule has 2 aromatic rings. The number of methoxy groups -OCH3 is 2. The van der Waals surface area contributed by atoms with Crippen LogP contribution in [0.25, 0.3) is 6.08 Å². The number of benzene rings is 2. The van der Waals surface area contributed by atoms with E-state index in [0.29, 0.717) is 22.5 Å². The maximum absolute atomic E-state index is 13.2. The minimum Gasteiger partial charge on any atom is -0.465 e. The van der Waals surface area contributed by atoms with Gasteiger partial charge < -0.3 is 9.47 Å². The number of nitro benzene ring substituents is 1. The number of anilines is 1. The van der Waals surface area contributed by atoms with Crippen LogP contribution in [0.2, 0.25) is 0 Å². The molecule has 0 saturated carbocycles. The smallest absolute Gasteiger partial charge is 0.340 e. The molecule has 1 amide bonds. The monoisotopic (exact) mass is 422 g/mol. The lowest BCUT2D eigenvalue weighted by Crippen LogP contribution is -2.24. The minimum absolute atomic E-state index is 0.0860. The lowest BCUT2D eigenvalue weighted by atomic mass is 10.0. The predicted molar refractivity (Wildman–Crippen MR) is 111 cm³/mol. The number of nitrogens with zero attached hydrogens (tertiary/aromatic N) is 2. The predicted octanol–water partition coefficient (Wildman–Crippen LogP) is 3.26. The summed E-state index contributed by atoms with van der Waals surface area (Å²) in [6, 6.07) is 11.7. The standard InChI is InChI=1S/C22H18N2O7/c1-13-19(22(27)31-3)18(12-14-4-6-15(7-5-14)21(26)30-2)20(25)23(13)16-8-10-17(11-9-16)24(28)29/h4-12H,1-3H3. The summed E-state index contributed by atoms with van der Waals surface area (Å²) in [5.41, 5.74) is 1.70. The van der Waals surface area contributed by atoms with E-state index in [2.05, 4.69) is 4.74 Å². The molecular formula is C22H18N2O7. The third kappa shape index (κ3) is 4.06. The summed E-state index contributed by atoms with van der Waals surface area (Å²) in [7, 11) is 2.49. The van der Waals surface area contributed by atoms with E-state index in [4.69, 9.17) is 4.74 Å². The topological polar surface area (TPSA) is 116 Å². The SMILES string of the molecule is COC(=O)C1=C(C)N(c2ccc([N+](=O)[O-])cc2)C(=O)C1=Cc1ccc(C(=O)OC)cc1. The summed E-state index contributed by atoms with van der Waals surface area (Å²) in [5.74, 6) is -1.66. The van der Waals surface area contributed by atoms with Crippen LogP contribution in [0.15, 0.2) is 65.4 Å². The molecule has 3 rings (SSSR count). The van der Waals surface area contributed by atoms with Crippen molar-refractivity contribution in [1.82, 2.24) is 0 Å². The highest BCUT2D eigenvalue weighted by Gasteiger charge is 2.38. The second-order valence-corrected chi connectivity index (χ2v) is 6.54. The number of rotatable bonds is 5. The Balaban J connectivity index is 2.05. The number of esters is 2. The normalized spacial score (nSPS) is 14.7. The first-order chi connectivity index (χ1) is 14.8. The highest BCUT2D eigenvalue weighted by molar-refractivity contribution is 6.23. The third-order valence-corrected chi connectivity index (χ3v) is 4.75. The van der Waals surface area contributed by atoms with Crippen LogP contribution in [0.5, 0.6) is 0 Å². The molecule has 1 aliphatic heterocycles. The number of ether oxygens (including phenoxy) is 2. The molecular weight excluding hydrogens is 404 g/mol. The second kappa shape index (κ2) is 8.62. The van der Waals surface area contributed by atoms with Crippen LogP contribution in [0.4, 0.5) is 11.4 Å². The van der Waals surface area contributed by atoms with E-state index < -0.39 is 22.8 Å². The molecule has 158 valence electrons. The zero-order valence-corrected chi connectivity index (χ0v) is 16.9. The molecule has 9 heteroatoms. The van der Waals surface area contributed by atoms with Crippen molar-refractivity contribution in [2.24, 2.45) is 0 Å². The van der Waals surface area contributed by atoms with Crippen LogP contribution in [-0.2, 0) is 19.1 Å². The first-order valence-electron chi connectivity index (χ1n) is 9.07. The zero-order valence-electron chi connectivity index (χ0n) is 16.9. The average Bonchev–Trinajstić information content (AvgIpc) is 3.02. The fourth-order valence-corrected chi connectivity index (χ4v) is 3.21. The highest BCUT2D eigenvalue weighted by atomic mass is 16.6. The largest absolute Gasteiger partial charge is 0.465 e. The fourth-order valence-electron chi connectivity index (χ4n) is 3.21. The van der Waals surface area contributed by atoms with Crippen LogP contribution < -0.4 is 4.90 Å². The van der Waals surface area contributed by atoms with Gasteiger partial charge in [0.15, 0.2) is 0 Å². The van der Waals surface area contributed by atoms with Crippen LogP contribution in [-0.4, -0.2) is 37.0 Å². The molecule has 9 nitrogen and oxygen atoms in total. The number of allylic oxidation sites excluding steroid dienone is 1. The Bertz CT molecular complexity index is 1130. The van der Waals surface area contributed by atoms with Crippen LogP contribution in [0.1, 0.15) is 22.8 Å². The number of hydrogen-bond donors (Lipinski definition) is 0. The van der Waals surface area contributed by atoms with Crippen molar-refractivity contribution in [3.05, 3.63) is 86.6 Å². The Labute approximate surface area is 177 Å². The lowest BCUT2D eigenvalue weighted by molar-refractivity contribution is -0.384. The van der Waals surface area contributed by atoms with E-state index in [0.717, 1.165) is 0 Å². The summed E-state index contributed by atoms with van der Waals surface area (Å²) in [4.78, 5) is 48.9. The summed E-state index contributed by atoms with van der Waals surface area (Å²) in [6.07, 6.45) is 1.52. The van der Waals surface area contributed by atoms with E-state index in [9.17, 15) is 24.5 Å². The van der Waals surface area contributed by atoms with Crippen molar-refractivity contribution in [2.75, 3.05) is 19.1 Å². The van der Waals surface area contributed by atoms with E-state index in [1.165, 1.54) is 49.5 Å². The van der Waals surface area contributed by atoms with Gasteiger partial charge in [-0.25, -0.2) is 9.59 Å². The van der Waals surface area contributed by atoms with Crippen molar-refractivity contribution in [3.8, 4) is 0 Å².